The van der Waals surface area contributed by atoms with E-state index in [9.17, 15) is 5.11 Å². The maximum absolute atomic E-state index is 10.2. The molecule has 0 aliphatic rings. The summed E-state index contributed by atoms with van der Waals surface area (Å²) >= 11 is 0. The Balaban J connectivity index is 2.12. The van der Waals surface area contributed by atoms with Gasteiger partial charge in [0, 0.05) is 31.3 Å². The Morgan fingerprint density at radius 2 is 1.46 bits per heavy atom. The van der Waals surface area contributed by atoms with E-state index in [2.05, 4.69) is 6.07 Å². The summed E-state index contributed by atoms with van der Waals surface area (Å²) in [5.74, 6) is 0.339. The van der Waals surface area contributed by atoms with Gasteiger partial charge in [0.2, 0.25) is 0 Å². The van der Waals surface area contributed by atoms with Crippen LogP contribution in [0.2, 0.25) is 6.04 Å². The predicted octanol–water partition coefficient (Wildman–Crippen LogP) is 4.53. The number of benzene rings is 2. The van der Waals surface area contributed by atoms with Crippen LogP contribution in [-0.2, 0) is 19.7 Å². The molecule has 24 heavy (non-hydrogen) atoms. The Bertz CT molecular complexity index is 622. The third kappa shape index (κ3) is 4.57. The fourth-order valence-electron chi connectivity index (χ4n) is 3.10. The van der Waals surface area contributed by atoms with Gasteiger partial charge in [-0.1, -0.05) is 30.3 Å². The van der Waals surface area contributed by atoms with Crippen molar-refractivity contribution in [1.82, 2.24) is 0 Å². The fraction of sp³-hybridized carbons (Fsp3) is 0.474. The number of fused-ring (bicyclic) bond motifs is 1. The van der Waals surface area contributed by atoms with Crippen LogP contribution in [-0.4, -0.2) is 33.7 Å². The van der Waals surface area contributed by atoms with Gasteiger partial charge in [-0.15, -0.1) is 0 Å². The summed E-state index contributed by atoms with van der Waals surface area (Å²) in [6, 6.07) is 12.6. The molecule has 0 atom stereocenters. The quantitative estimate of drug-likeness (QED) is 0.641. The van der Waals surface area contributed by atoms with E-state index in [4.69, 9.17) is 13.3 Å². The molecule has 0 fully saturated rings. The van der Waals surface area contributed by atoms with Gasteiger partial charge in [-0.2, -0.15) is 0 Å². The molecule has 0 amide bonds. The van der Waals surface area contributed by atoms with E-state index in [1.807, 2.05) is 45.0 Å². The molecule has 2 rings (SSSR count). The van der Waals surface area contributed by atoms with Crippen LogP contribution in [0, 0.1) is 0 Å². The van der Waals surface area contributed by atoms with Crippen molar-refractivity contribution < 1.29 is 18.4 Å². The molecule has 4 nitrogen and oxygen atoms in total. The Labute approximate surface area is 145 Å². The van der Waals surface area contributed by atoms with E-state index in [0.29, 0.717) is 25.6 Å². The van der Waals surface area contributed by atoms with Crippen LogP contribution >= 0.6 is 0 Å². The highest BCUT2D eigenvalue weighted by atomic mass is 28.4. The number of hydrogen-bond acceptors (Lipinski definition) is 4. The minimum atomic E-state index is -2.59. The molecular formula is C19H28O4Si. The topological polar surface area (TPSA) is 47.9 Å². The maximum Gasteiger partial charge on any atom is 0.500 e. The number of aryl methyl sites for hydroxylation is 1. The summed E-state index contributed by atoms with van der Waals surface area (Å²) in [6.45, 7) is 7.72. The zero-order valence-corrected chi connectivity index (χ0v) is 15.9. The van der Waals surface area contributed by atoms with Crippen molar-refractivity contribution in [2.75, 3.05) is 19.8 Å². The number of aromatic hydroxyl groups is 1. The van der Waals surface area contributed by atoms with E-state index >= 15 is 0 Å². The Morgan fingerprint density at radius 1 is 0.875 bits per heavy atom. The highest BCUT2D eigenvalue weighted by Gasteiger charge is 2.39. The second-order valence-corrected chi connectivity index (χ2v) is 8.36. The average molecular weight is 349 g/mol. The molecule has 0 heterocycles. The summed E-state index contributed by atoms with van der Waals surface area (Å²) in [7, 11) is -2.59. The van der Waals surface area contributed by atoms with Crippen molar-refractivity contribution >= 4 is 19.6 Å². The standard InChI is InChI=1S/C19H28O4Si/c1-4-21-24(22-5-2,23-6-3)15-9-13-17-11-7-10-16-12-8-14-18(20)19(16)17/h7-8,10-12,14,20H,4-6,9,13,15H2,1-3H3. The highest BCUT2D eigenvalue weighted by Crippen LogP contribution is 2.29. The fourth-order valence-corrected chi connectivity index (χ4v) is 5.71. The molecule has 0 spiro atoms. The second kappa shape index (κ2) is 9.18. The summed E-state index contributed by atoms with van der Waals surface area (Å²) in [4.78, 5) is 0. The third-order valence-corrected chi connectivity index (χ3v) is 7.14. The SMILES string of the molecule is CCO[Si](CCCc1cccc2cccc(O)c12)(OCC)OCC. The van der Waals surface area contributed by atoms with Crippen LogP contribution in [0.3, 0.4) is 0 Å². The van der Waals surface area contributed by atoms with Crippen molar-refractivity contribution in [3.8, 4) is 5.75 Å². The van der Waals surface area contributed by atoms with Crippen LogP contribution in [0.15, 0.2) is 36.4 Å². The molecule has 1 N–H and O–H groups in total. The summed E-state index contributed by atoms with van der Waals surface area (Å²) in [6.07, 6.45) is 1.76. The number of phenolic OH excluding ortho intramolecular Hbond substituents is 1. The lowest BCUT2D eigenvalue weighted by atomic mass is 10.0. The van der Waals surface area contributed by atoms with Gasteiger partial charge in [0.15, 0.2) is 0 Å². The third-order valence-electron chi connectivity index (χ3n) is 3.99. The van der Waals surface area contributed by atoms with E-state index in [1.165, 1.54) is 0 Å². The van der Waals surface area contributed by atoms with Crippen LogP contribution < -0.4 is 0 Å². The zero-order chi connectivity index (χ0) is 17.4. The van der Waals surface area contributed by atoms with Crippen molar-refractivity contribution in [3.63, 3.8) is 0 Å². The molecule has 132 valence electrons. The van der Waals surface area contributed by atoms with Gasteiger partial charge in [-0.25, -0.2) is 0 Å². The minimum Gasteiger partial charge on any atom is -0.507 e. The zero-order valence-electron chi connectivity index (χ0n) is 14.9. The molecule has 2 aromatic rings. The van der Waals surface area contributed by atoms with E-state index in [-0.39, 0.29) is 0 Å². The van der Waals surface area contributed by atoms with Gasteiger partial charge in [-0.05, 0) is 50.6 Å². The summed E-state index contributed by atoms with van der Waals surface area (Å²) in [5, 5.41) is 12.2. The first-order valence-electron chi connectivity index (χ1n) is 8.77. The molecule has 0 radical (unpaired) electrons. The highest BCUT2D eigenvalue weighted by molar-refractivity contribution is 6.60. The largest absolute Gasteiger partial charge is 0.507 e. The molecule has 0 aromatic heterocycles. The Kier molecular flexibility index (Phi) is 7.24. The van der Waals surface area contributed by atoms with Crippen molar-refractivity contribution in [2.45, 2.75) is 39.7 Å². The Hall–Kier alpha value is -1.40. The maximum atomic E-state index is 10.2. The number of rotatable bonds is 10. The monoisotopic (exact) mass is 348 g/mol. The molecule has 0 saturated heterocycles. The first-order chi connectivity index (χ1) is 11.7. The smallest absolute Gasteiger partial charge is 0.500 e. The predicted molar refractivity (Wildman–Crippen MR) is 99.4 cm³/mol. The van der Waals surface area contributed by atoms with Crippen LogP contribution in [0.1, 0.15) is 32.8 Å². The van der Waals surface area contributed by atoms with Crippen LogP contribution in [0.25, 0.3) is 10.8 Å². The van der Waals surface area contributed by atoms with Gasteiger partial charge in [0.25, 0.3) is 0 Å². The van der Waals surface area contributed by atoms with Gasteiger partial charge in [0.1, 0.15) is 5.75 Å². The van der Waals surface area contributed by atoms with Gasteiger partial charge in [0.05, 0.1) is 0 Å². The lowest BCUT2D eigenvalue weighted by Gasteiger charge is -2.28. The van der Waals surface area contributed by atoms with E-state index in [1.54, 1.807) is 6.07 Å². The van der Waals surface area contributed by atoms with Crippen LogP contribution in [0.4, 0.5) is 0 Å². The normalized spacial score (nSPS) is 12.0. The van der Waals surface area contributed by atoms with Crippen LogP contribution in [0.5, 0.6) is 5.75 Å². The molecule has 0 bridgehead atoms. The molecule has 0 aliphatic heterocycles. The molecule has 2 aromatic carbocycles. The molecule has 0 saturated carbocycles. The number of phenols is 1. The van der Waals surface area contributed by atoms with Gasteiger partial charge >= 0.3 is 8.80 Å². The Morgan fingerprint density at radius 3 is 2.04 bits per heavy atom. The molecule has 0 unspecified atom stereocenters. The first-order valence-corrected chi connectivity index (χ1v) is 10.7. The molecule has 5 heteroatoms. The summed E-state index contributed by atoms with van der Waals surface area (Å²) < 4.78 is 17.7. The lowest BCUT2D eigenvalue weighted by molar-refractivity contribution is 0.0708. The van der Waals surface area contributed by atoms with E-state index < -0.39 is 8.80 Å². The van der Waals surface area contributed by atoms with Crippen molar-refractivity contribution in [2.24, 2.45) is 0 Å². The second-order valence-electron chi connectivity index (χ2n) is 5.63. The van der Waals surface area contributed by atoms with Crippen molar-refractivity contribution in [3.05, 3.63) is 42.0 Å². The minimum absolute atomic E-state index is 0.339. The van der Waals surface area contributed by atoms with Crippen molar-refractivity contribution in [1.29, 1.82) is 0 Å². The lowest BCUT2D eigenvalue weighted by Crippen LogP contribution is -2.46. The first kappa shape index (κ1) is 18.9. The van der Waals surface area contributed by atoms with Gasteiger partial charge < -0.3 is 18.4 Å². The molecular weight excluding hydrogens is 320 g/mol. The number of hydrogen-bond donors (Lipinski definition) is 1. The summed E-state index contributed by atoms with van der Waals surface area (Å²) in [5.41, 5.74) is 1.15. The van der Waals surface area contributed by atoms with E-state index in [0.717, 1.165) is 35.2 Å². The van der Waals surface area contributed by atoms with Gasteiger partial charge in [-0.3, -0.25) is 0 Å². The molecule has 0 aliphatic carbocycles. The average Bonchev–Trinajstić information content (AvgIpc) is 2.56.